The van der Waals surface area contributed by atoms with Gasteiger partial charge in [-0.1, -0.05) is 62.4 Å². The largest absolute Gasteiger partial charge is 0.348 e. The van der Waals surface area contributed by atoms with Crippen molar-refractivity contribution in [2.75, 3.05) is 0 Å². The Bertz CT molecular complexity index is 546. The van der Waals surface area contributed by atoms with E-state index in [0.717, 1.165) is 16.7 Å². The van der Waals surface area contributed by atoms with Gasteiger partial charge in [0, 0.05) is 12.1 Å². The number of carbonyl (C=O) groups is 1. The van der Waals surface area contributed by atoms with Crippen molar-refractivity contribution in [3.05, 3.63) is 71.3 Å². The van der Waals surface area contributed by atoms with Gasteiger partial charge in [0.05, 0.1) is 0 Å². The van der Waals surface area contributed by atoms with Crippen LogP contribution in [0.15, 0.2) is 54.6 Å². The quantitative estimate of drug-likeness (QED) is 0.883. The molecule has 0 unspecified atom stereocenters. The van der Waals surface area contributed by atoms with E-state index in [1.807, 2.05) is 54.6 Å². The Labute approximate surface area is 114 Å². The van der Waals surface area contributed by atoms with Crippen molar-refractivity contribution in [1.82, 2.24) is 5.32 Å². The molecule has 0 saturated carbocycles. The van der Waals surface area contributed by atoms with Crippen molar-refractivity contribution in [3.8, 4) is 0 Å². The Hall–Kier alpha value is -2.09. The van der Waals surface area contributed by atoms with Gasteiger partial charge < -0.3 is 5.32 Å². The van der Waals surface area contributed by atoms with Crippen LogP contribution in [0.25, 0.3) is 0 Å². The van der Waals surface area contributed by atoms with Crippen molar-refractivity contribution < 1.29 is 4.79 Å². The predicted octanol–water partition coefficient (Wildman–Crippen LogP) is 3.74. The highest BCUT2D eigenvalue weighted by atomic mass is 16.1. The van der Waals surface area contributed by atoms with Gasteiger partial charge in [-0.3, -0.25) is 4.79 Å². The number of nitrogens with one attached hydrogen (secondary N) is 1. The summed E-state index contributed by atoms with van der Waals surface area (Å²) in [6, 6.07) is 17.7. The van der Waals surface area contributed by atoms with E-state index < -0.39 is 0 Å². The third-order valence-electron chi connectivity index (χ3n) is 3.12. The van der Waals surface area contributed by atoms with E-state index in [-0.39, 0.29) is 5.91 Å². The first kappa shape index (κ1) is 13.3. The summed E-state index contributed by atoms with van der Waals surface area (Å²) >= 11 is 0. The summed E-state index contributed by atoms with van der Waals surface area (Å²) in [6.07, 6.45) is 0. The van der Waals surface area contributed by atoms with Crippen molar-refractivity contribution in [2.24, 2.45) is 0 Å². The standard InChI is InChI=1S/C17H19NO/c1-13(2)15-10-6-7-11-16(15)17(19)18-12-14-8-4-3-5-9-14/h3-11,13H,12H2,1-2H3,(H,18,19). The lowest BCUT2D eigenvalue weighted by atomic mass is 9.97. The molecule has 0 aliphatic rings. The minimum atomic E-state index is -0.00634. The van der Waals surface area contributed by atoms with Gasteiger partial charge in [-0.05, 0) is 23.1 Å². The number of rotatable bonds is 4. The van der Waals surface area contributed by atoms with E-state index >= 15 is 0 Å². The molecular weight excluding hydrogens is 234 g/mol. The maximum absolute atomic E-state index is 12.2. The van der Waals surface area contributed by atoms with Crippen LogP contribution in [-0.2, 0) is 6.54 Å². The average Bonchev–Trinajstić information content (AvgIpc) is 2.46. The first-order valence-corrected chi connectivity index (χ1v) is 6.59. The van der Waals surface area contributed by atoms with Gasteiger partial charge in [0.1, 0.15) is 0 Å². The molecule has 0 spiro atoms. The normalized spacial score (nSPS) is 10.5. The highest BCUT2D eigenvalue weighted by Crippen LogP contribution is 2.19. The second-order valence-corrected chi connectivity index (χ2v) is 4.91. The molecule has 2 heteroatoms. The number of hydrogen-bond donors (Lipinski definition) is 1. The molecule has 19 heavy (non-hydrogen) atoms. The molecule has 0 bridgehead atoms. The van der Waals surface area contributed by atoms with Crippen molar-refractivity contribution >= 4 is 5.91 Å². The number of carbonyl (C=O) groups excluding carboxylic acids is 1. The number of benzene rings is 2. The van der Waals surface area contributed by atoms with Gasteiger partial charge >= 0.3 is 0 Å². The molecule has 0 atom stereocenters. The summed E-state index contributed by atoms with van der Waals surface area (Å²) in [5.74, 6) is 0.340. The molecule has 1 amide bonds. The molecule has 0 aliphatic carbocycles. The number of hydrogen-bond acceptors (Lipinski definition) is 1. The van der Waals surface area contributed by atoms with E-state index in [4.69, 9.17) is 0 Å². The first-order chi connectivity index (χ1) is 9.18. The molecule has 0 heterocycles. The van der Waals surface area contributed by atoms with Crippen LogP contribution < -0.4 is 5.32 Å². The SMILES string of the molecule is CC(C)c1ccccc1C(=O)NCc1ccccc1. The highest BCUT2D eigenvalue weighted by Gasteiger charge is 2.12. The topological polar surface area (TPSA) is 29.1 Å². The lowest BCUT2D eigenvalue weighted by Gasteiger charge is -2.12. The van der Waals surface area contributed by atoms with Gasteiger partial charge in [0.25, 0.3) is 5.91 Å². The highest BCUT2D eigenvalue weighted by molar-refractivity contribution is 5.95. The molecule has 0 saturated heterocycles. The summed E-state index contributed by atoms with van der Waals surface area (Å²) in [5, 5.41) is 2.97. The van der Waals surface area contributed by atoms with Gasteiger partial charge in [-0.25, -0.2) is 0 Å². The molecular formula is C17H19NO. The lowest BCUT2D eigenvalue weighted by Crippen LogP contribution is -2.24. The van der Waals surface area contributed by atoms with E-state index in [9.17, 15) is 4.79 Å². The smallest absolute Gasteiger partial charge is 0.251 e. The summed E-state index contributed by atoms with van der Waals surface area (Å²) in [7, 11) is 0. The maximum Gasteiger partial charge on any atom is 0.251 e. The van der Waals surface area contributed by atoms with E-state index in [0.29, 0.717) is 12.5 Å². The lowest BCUT2D eigenvalue weighted by molar-refractivity contribution is 0.0949. The first-order valence-electron chi connectivity index (χ1n) is 6.59. The second-order valence-electron chi connectivity index (χ2n) is 4.91. The minimum Gasteiger partial charge on any atom is -0.348 e. The third-order valence-corrected chi connectivity index (χ3v) is 3.12. The molecule has 0 aliphatic heterocycles. The van der Waals surface area contributed by atoms with Crippen molar-refractivity contribution in [3.63, 3.8) is 0 Å². The Morgan fingerprint density at radius 3 is 2.32 bits per heavy atom. The Kier molecular flexibility index (Phi) is 4.35. The van der Waals surface area contributed by atoms with Crippen LogP contribution in [0.4, 0.5) is 0 Å². The van der Waals surface area contributed by atoms with Crippen LogP contribution in [0.2, 0.25) is 0 Å². The summed E-state index contributed by atoms with van der Waals surface area (Å²) in [6.45, 7) is 4.76. The maximum atomic E-state index is 12.2. The molecule has 2 aromatic rings. The van der Waals surface area contributed by atoms with Gasteiger partial charge in [-0.2, -0.15) is 0 Å². The van der Waals surface area contributed by atoms with Crippen LogP contribution in [-0.4, -0.2) is 5.91 Å². The summed E-state index contributed by atoms with van der Waals surface area (Å²) < 4.78 is 0. The van der Waals surface area contributed by atoms with Crippen LogP contribution in [0.3, 0.4) is 0 Å². The van der Waals surface area contributed by atoms with Crippen LogP contribution in [0.5, 0.6) is 0 Å². The monoisotopic (exact) mass is 253 g/mol. The molecule has 0 radical (unpaired) electrons. The van der Waals surface area contributed by atoms with Crippen LogP contribution in [0, 0.1) is 0 Å². The van der Waals surface area contributed by atoms with E-state index in [1.165, 1.54) is 0 Å². The fourth-order valence-corrected chi connectivity index (χ4v) is 2.08. The third kappa shape index (κ3) is 3.44. The summed E-state index contributed by atoms with van der Waals surface area (Å²) in [5.41, 5.74) is 2.97. The van der Waals surface area contributed by atoms with Crippen LogP contribution in [0.1, 0.15) is 41.3 Å². The molecule has 1 N–H and O–H groups in total. The number of amides is 1. The van der Waals surface area contributed by atoms with Crippen molar-refractivity contribution in [2.45, 2.75) is 26.3 Å². The van der Waals surface area contributed by atoms with Crippen molar-refractivity contribution in [1.29, 1.82) is 0 Å². The van der Waals surface area contributed by atoms with Gasteiger partial charge in [-0.15, -0.1) is 0 Å². The Morgan fingerprint density at radius 1 is 1.00 bits per heavy atom. The fraction of sp³-hybridized carbons (Fsp3) is 0.235. The molecule has 2 rings (SSSR count). The zero-order valence-electron chi connectivity index (χ0n) is 11.4. The minimum absolute atomic E-state index is 0.00634. The fourth-order valence-electron chi connectivity index (χ4n) is 2.08. The predicted molar refractivity (Wildman–Crippen MR) is 78.1 cm³/mol. The van der Waals surface area contributed by atoms with Gasteiger partial charge in [0.2, 0.25) is 0 Å². The van der Waals surface area contributed by atoms with E-state index in [2.05, 4.69) is 19.2 Å². The molecule has 2 aromatic carbocycles. The second kappa shape index (κ2) is 6.19. The summed E-state index contributed by atoms with van der Waals surface area (Å²) in [4.78, 5) is 12.2. The van der Waals surface area contributed by atoms with E-state index in [1.54, 1.807) is 0 Å². The Morgan fingerprint density at radius 2 is 1.63 bits per heavy atom. The zero-order valence-corrected chi connectivity index (χ0v) is 11.4. The molecule has 0 aromatic heterocycles. The molecule has 2 nitrogen and oxygen atoms in total. The Balaban J connectivity index is 2.08. The molecule has 0 fully saturated rings. The average molecular weight is 253 g/mol. The van der Waals surface area contributed by atoms with Crippen LogP contribution >= 0.6 is 0 Å². The van der Waals surface area contributed by atoms with Gasteiger partial charge in [0.15, 0.2) is 0 Å². The zero-order chi connectivity index (χ0) is 13.7. The molecule has 98 valence electrons.